The molecule has 1 saturated carbocycles. The first-order chi connectivity index (χ1) is 15.7. The van der Waals surface area contributed by atoms with Crippen molar-refractivity contribution in [2.75, 3.05) is 11.9 Å². The molecule has 0 unspecified atom stereocenters. The van der Waals surface area contributed by atoms with Gasteiger partial charge in [0.2, 0.25) is 0 Å². The van der Waals surface area contributed by atoms with E-state index in [2.05, 4.69) is 17.3 Å². The SMILES string of the molecule is CC(C)Oc1cc2nc([C@]34CC[C@](C)(C3)OC4)cn2cc1C(=O)Nc1cccn(OF)c1=O. The zero-order valence-electron chi connectivity index (χ0n) is 18.6. The highest BCUT2D eigenvalue weighted by molar-refractivity contribution is 6.06. The van der Waals surface area contributed by atoms with Crippen molar-refractivity contribution in [2.45, 2.75) is 57.2 Å². The van der Waals surface area contributed by atoms with Crippen molar-refractivity contribution in [3.63, 3.8) is 0 Å². The van der Waals surface area contributed by atoms with Crippen LogP contribution in [-0.2, 0) is 10.2 Å². The van der Waals surface area contributed by atoms with E-state index in [9.17, 15) is 14.1 Å². The van der Waals surface area contributed by atoms with Gasteiger partial charge in [-0.25, -0.2) is 4.98 Å². The van der Waals surface area contributed by atoms with Crippen molar-refractivity contribution >= 4 is 17.2 Å². The summed E-state index contributed by atoms with van der Waals surface area (Å²) in [5.74, 6) is -0.242. The number of pyridine rings is 2. The molecule has 2 aliphatic rings. The first kappa shape index (κ1) is 21.4. The minimum absolute atomic E-state index is 0.0985. The lowest BCUT2D eigenvalue weighted by Gasteiger charge is -2.24. The lowest BCUT2D eigenvalue weighted by atomic mass is 9.84. The van der Waals surface area contributed by atoms with E-state index in [1.165, 1.54) is 12.1 Å². The van der Waals surface area contributed by atoms with Crippen molar-refractivity contribution in [1.29, 1.82) is 0 Å². The third-order valence-electron chi connectivity index (χ3n) is 6.48. The second-order valence-electron chi connectivity index (χ2n) is 9.38. The van der Waals surface area contributed by atoms with E-state index in [0.29, 0.717) is 22.7 Å². The summed E-state index contributed by atoms with van der Waals surface area (Å²) in [7, 11) is 0. The Kier molecular flexibility index (Phi) is 4.93. The number of aromatic nitrogens is 3. The number of carbonyl (C=O) groups excluding carboxylic acids is 1. The molecule has 2 atom stereocenters. The van der Waals surface area contributed by atoms with Crippen LogP contribution in [0.2, 0.25) is 0 Å². The van der Waals surface area contributed by atoms with Crippen LogP contribution in [0.3, 0.4) is 0 Å². The number of imidazole rings is 1. The first-order valence-electron chi connectivity index (χ1n) is 10.9. The zero-order chi connectivity index (χ0) is 23.4. The van der Waals surface area contributed by atoms with Gasteiger partial charge in [-0.05, 0) is 52.2 Å². The fourth-order valence-electron chi connectivity index (χ4n) is 4.86. The number of anilines is 1. The van der Waals surface area contributed by atoms with E-state index in [1.807, 2.05) is 20.0 Å². The summed E-state index contributed by atoms with van der Waals surface area (Å²) in [6, 6.07) is 4.46. The summed E-state index contributed by atoms with van der Waals surface area (Å²) in [4.78, 5) is 30.2. The highest BCUT2D eigenvalue weighted by Crippen LogP contribution is 2.53. The molecule has 174 valence electrons. The van der Waals surface area contributed by atoms with E-state index < -0.39 is 11.5 Å². The monoisotopic (exact) mass is 456 g/mol. The molecule has 3 aromatic heterocycles. The number of carbonyl (C=O) groups is 1. The van der Waals surface area contributed by atoms with Gasteiger partial charge in [0, 0.05) is 28.4 Å². The molecule has 4 heterocycles. The lowest BCUT2D eigenvalue weighted by Crippen LogP contribution is -2.27. The summed E-state index contributed by atoms with van der Waals surface area (Å²) in [5.41, 5.74) is 0.613. The van der Waals surface area contributed by atoms with Crippen molar-refractivity contribution in [3.8, 4) is 5.75 Å². The maximum atomic E-state index is 13.1. The molecule has 1 aliphatic heterocycles. The smallest absolute Gasteiger partial charge is 0.309 e. The van der Waals surface area contributed by atoms with Gasteiger partial charge in [-0.15, -0.1) is 4.73 Å². The van der Waals surface area contributed by atoms with Crippen LogP contribution < -0.4 is 20.7 Å². The second kappa shape index (κ2) is 7.58. The third kappa shape index (κ3) is 3.64. The zero-order valence-corrected chi connectivity index (χ0v) is 18.6. The number of hydrogen-bond acceptors (Lipinski definition) is 6. The Morgan fingerprint density at radius 1 is 1.33 bits per heavy atom. The molecule has 1 saturated heterocycles. The molecule has 1 amide bonds. The summed E-state index contributed by atoms with van der Waals surface area (Å²) in [5, 5.41) is 6.01. The number of fused-ring (bicyclic) bond motifs is 3. The minimum Gasteiger partial charge on any atom is -0.490 e. The molecular formula is C23H25FN4O5. The van der Waals surface area contributed by atoms with Gasteiger partial charge in [-0.2, -0.15) is 5.04 Å². The van der Waals surface area contributed by atoms with Crippen LogP contribution in [-0.4, -0.2) is 38.3 Å². The van der Waals surface area contributed by atoms with Crippen molar-refractivity contribution < 1.29 is 23.8 Å². The molecule has 0 aromatic carbocycles. The number of nitrogens with one attached hydrogen (secondary N) is 1. The van der Waals surface area contributed by atoms with Gasteiger partial charge in [0.15, 0.2) is 0 Å². The summed E-state index contributed by atoms with van der Waals surface area (Å²) in [6.07, 6.45) is 7.39. The Balaban J connectivity index is 1.53. The Hall–Kier alpha value is -3.40. The van der Waals surface area contributed by atoms with E-state index in [1.54, 1.807) is 16.7 Å². The Labute approximate surface area is 188 Å². The lowest BCUT2D eigenvalue weighted by molar-refractivity contribution is -0.141. The van der Waals surface area contributed by atoms with Crippen LogP contribution in [0.25, 0.3) is 5.65 Å². The molecule has 2 fully saturated rings. The van der Waals surface area contributed by atoms with Gasteiger partial charge >= 0.3 is 5.56 Å². The first-order valence-corrected chi connectivity index (χ1v) is 10.9. The molecule has 0 spiro atoms. The highest BCUT2D eigenvalue weighted by Gasteiger charge is 2.55. The number of hydrogen-bond donors (Lipinski definition) is 1. The molecule has 1 aliphatic carbocycles. The molecule has 5 rings (SSSR count). The van der Waals surface area contributed by atoms with Gasteiger partial charge < -0.3 is 19.2 Å². The largest absolute Gasteiger partial charge is 0.490 e. The number of rotatable bonds is 6. The van der Waals surface area contributed by atoms with Crippen molar-refractivity contribution in [2.24, 2.45) is 0 Å². The summed E-state index contributed by atoms with van der Waals surface area (Å²) < 4.78 is 26.6. The average molecular weight is 456 g/mol. The van der Waals surface area contributed by atoms with Gasteiger partial charge in [-0.3, -0.25) is 9.59 Å². The van der Waals surface area contributed by atoms with E-state index in [-0.39, 0.29) is 28.4 Å². The van der Waals surface area contributed by atoms with Gasteiger partial charge in [-0.1, -0.05) is 0 Å². The number of amides is 1. The van der Waals surface area contributed by atoms with Crippen LogP contribution in [0, 0.1) is 0 Å². The quantitative estimate of drug-likeness (QED) is 0.613. The molecular weight excluding hydrogens is 431 g/mol. The van der Waals surface area contributed by atoms with E-state index in [0.717, 1.165) is 31.2 Å². The Morgan fingerprint density at radius 3 is 2.79 bits per heavy atom. The topological polar surface area (TPSA) is 96.1 Å². The van der Waals surface area contributed by atoms with Gasteiger partial charge in [0.05, 0.1) is 35.8 Å². The van der Waals surface area contributed by atoms with Gasteiger partial charge in [0.25, 0.3) is 5.91 Å². The Bertz CT molecular complexity index is 1290. The molecule has 2 bridgehead atoms. The molecule has 10 heteroatoms. The van der Waals surface area contributed by atoms with Crippen molar-refractivity contribution in [3.05, 3.63) is 58.4 Å². The standard InChI is InChI=1S/C23H25FN4O5/c1-14(2)32-17-9-19-26-18(23-7-6-22(3,12-23)31-13-23)11-27(19)10-15(17)20(29)25-16-5-4-8-28(33-24)21(16)30/h4-5,8-11,14H,6-7,12-13H2,1-3H3,(H,25,29)/t22-,23-/m1/s1. The summed E-state index contributed by atoms with van der Waals surface area (Å²) in [6.45, 7) is 6.48. The number of halogens is 1. The van der Waals surface area contributed by atoms with Crippen LogP contribution >= 0.6 is 0 Å². The van der Waals surface area contributed by atoms with Crippen molar-refractivity contribution in [1.82, 2.24) is 14.1 Å². The molecule has 0 radical (unpaired) electrons. The maximum absolute atomic E-state index is 13.1. The van der Waals surface area contributed by atoms with Crippen LogP contribution in [0.1, 0.15) is 56.1 Å². The highest BCUT2D eigenvalue weighted by atomic mass is 19.3. The predicted octanol–water partition coefficient (Wildman–Crippen LogP) is 3.06. The third-order valence-corrected chi connectivity index (χ3v) is 6.48. The minimum atomic E-state index is -0.838. The fraction of sp³-hybridized carbons (Fsp3) is 0.435. The molecule has 3 aromatic rings. The van der Waals surface area contributed by atoms with Crippen LogP contribution in [0.5, 0.6) is 5.75 Å². The number of ether oxygens (including phenoxy) is 2. The second-order valence-corrected chi connectivity index (χ2v) is 9.38. The average Bonchev–Trinajstić information content (AvgIpc) is 3.45. The fourth-order valence-corrected chi connectivity index (χ4v) is 4.86. The maximum Gasteiger partial charge on any atom is 0.309 e. The summed E-state index contributed by atoms with van der Waals surface area (Å²) >= 11 is 0. The van der Waals surface area contributed by atoms with E-state index >= 15 is 0 Å². The molecule has 33 heavy (non-hydrogen) atoms. The number of nitrogens with zero attached hydrogens (tertiary/aromatic N) is 3. The molecule has 1 N–H and O–H groups in total. The van der Waals surface area contributed by atoms with Crippen LogP contribution in [0.4, 0.5) is 10.2 Å². The predicted molar refractivity (Wildman–Crippen MR) is 117 cm³/mol. The molecule has 9 nitrogen and oxygen atoms in total. The van der Waals surface area contributed by atoms with E-state index in [4.69, 9.17) is 14.5 Å². The van der Waals surface area contributed by atoms with Crippen LogP contribution in [0.15, 0.2) is 41.6 Å². The normalized spacial score (nSPS) is 23.9. The van der Waals surface area contributed by atoms with Gasteiger partial charge in [0.1, 0.15) is 17.1 Å². The Morgan fingerprint density at radius 2 is 2.15 bits per heavy atom.